The van der Waals surface area contributed by atoms with E-state index in [-0.39, 0.29) is 16.9 Å². The van der Waals surface area contributed by atoms with Gasteiger partial charge in [-0.05, 0) is 43.1 Å². The van der Waals surface area contributed by atoms with Crippen molar-refractivity contribution < 1.29 is 14.3 Å². The van der Waals surface area contributed by atoms with Crippen molar-refractivity contribution in [2.45, 2.75) is 56.5 Å². The summed E-state index contributed by atoms with van der Waals surface area (Å²) in [4.78, 5) is 15.8. The van der Waals surface area contributed by atoms with Gasteiger partial charge in [-0.1, -0.05) is 43.2 Å². The molecule has 4 rings (SSSR count). The molecule has 1 amide bonds. The van der Waals surface area contributed by atoms with Crippen molar-refractivity contribution in [3.8, 4) is 0 Å². The molecule has 0 N–H and O–H groups in total. The Morgan fingerprint density at radius 3 is 2.46 bits per heavy atom. The van der Waals surface area contributed by atoms with Crippen molar-refractivity contribution >= 4 is 5.91 Å². The van der Waals surface area contributed by atoms with Crippen LogP contribution in [0.25, 0.3) is 0 Å². The van der Waals surface area contributed by atoms with Crippen LogP contribution < -0.4 is 0 Å². The summed E-state index contributed by atoms with van der Waals surface area (Å²) in [5, 5.41) is 0. The number of piperidine rings is 1. The molecule has 1 aromatic rings. The third-order valence-corrected chi connectivity index (χ3v) is 6.95. The van der Waals surface area contributed by atoms with Crippen LogP contribution in [0.4, 0.5) is 0 Å². The van der Waals surface area contributed by atoms with Crippen LogP contribution in [0.5, 0.6) is 0 Å². The molecule has 4 heteroatoms. The van der Waals surface area contributed by atoms with Gasteiger partial charge in [-0.3, -0.25) is 4.79 Å². The Morgan fingerprint density at radius 2 is 1.81 bits per heavy atom. The lowest BCUT2D eigenvalue weighted by atomic mass is 9.83. The molecule has 1 aromatic carbocycles. The van der Waals surface area contributed by atoms with Crippen LogP contribution in [-0.4, -0.2) is 50.3 Å². The zero-order valence-corrected chi connectivity index (χ0v) is 15.9. The van der Waals surface area contributed by atoms with Crippen molar-refractivity contribution in [3.05, 3.63) is 35.9 Å². The predicted molar refractivity (Wildman–Crippen MR) is 101 cm³/mol. The second-order valence-corrected chi connectivity index (χ2v) is 8.29. The molecule has 1 heterocycles. The standard InChI is InChI=1S/C22H31NO3/c1-25-15-16-26-19-9-13-23(14-10-19)20(24)22(18-7-3-2-4-8-18)17-21(22)11-5-6-12-21/h2-4,7-8,19H,5-6,9-17H2,1H3/t22-/m0/s1. The quantitative estimate of drug-likeness (QED) is 0.731. The number of hydrogen-bond acceptors (Lipinski definition) is 3. The van der Waals surface area contributed by atoms with Crippen LogP contribution in [0.2, 0.25) is 0 Å². The molecule has 4 nitrogen and oxygen atoms in total. The van der Waals surface area contributed by atoms with Crippen LogP contribution in [0, 0.1) is 5.41 Å². The Hall–Kier alpha value is -1.39. The first kappa shape index (κ1) is 18.0. The summed E-state index contributed by atoms with van der Waals surface area (Å²) in [6, 6.07) is 10.6. The monoisotopic (exact) mass is 357 g/mol. The Balaban J connectivity index is 1.46. The van der Waals surface area contributed by atoms with Gasteiger partial charge >= 0.3 is 0 Å². The lowest BCUT2D eigenvalue weighted by Gasteiger charge is -2.36. The molecule has 0 aromatic heterocycles. The van der Waals surface area contributed by atoms with E-state index < -0.39 is 0 Å². The van der Waals surface area contributed by atoms with E-state index in [0.29, 0.717) is 19.1 Å². The molecule has 0 unspecified atom stereocenters. The zero-order valence-electron chi connectivity index (χ0n) is 15.9. The normalized spacial score (nSPS) is 27.8. The van der Waals surface area contributed by atoms with Gasteiger partial charge in [0.25, 0.3) is 0 Å². The highest BCUT2D eigenvalue weighted by atomic mass is 16.5. The van der Waals surface area contributed by atoms with Crippen LogP contribution >= 0.6 is 0 Å². The minimum absolute atomic E-state index is 0.233. The molecular formula is C22H31NO3. The fourth-order valence-electron chi connectivity index (χ4n) is 5.47. The maximum Gasteiger partial charge on any atom is 0.233 e. The lowest BCUT2D eigenvalue weighted by molar-refractivity contribution is -0.138. The number of amides is 1. The maximum atomic E-state index is 13.7. The highest BCUT2D eigenvalue weighted by molar-refractivity contribution is 5.93. The number of methoxy groups -OCH3 is 1. The average Bonchev–Trinajstić information content (AvgIpc) is 3.09. The lowest BCUT2D eigenvalue weighted by Crippen LogP contribution is -2.47. The first-order chi connectivity index (χ1) is 12.7. The van der Waals surface area contributed by atoms with E-state index in [9.17, 15) is 4.79 Å². The number of likely N-dealkylation sites (tertiary alicyclic amines) is 1. The highest BCUT2D eigenvalue weighted by Crippen LogP contribution is 2.72. The minimum atomic E-state index is -0.255. The third kappa shape index (κ3) is 2.97. The zero-order chi connectivity index (χ0) is 18.0. The number of carbonyl (C=O) groups is 1. The van der Waals surface area contributed by atoms with Gasteiger partial charge in [0.15, 0.2) is 0 Å². The van der Waals surface area contributed by atoms with E-state index in [4.69, 9.17) is 9.47 Å². The number of benzene rings is 1. The molecule has 1 saturated heterocycles. The van der Waals surface area contributed by atoms with Crippen molar-refractivity contribution in [2.75, 3.05) is 33.4 Å². The predicted octanol–water partition coefficient (Wildman–Crippen LogP) is 3.54. The molecule has 0 bridgehead atoms. The Labute approximate surface area is 156 Å². The van der Waals surface area contributed by atoms with Crippen LogP contribution in [0.15, 0.2) is 30.3 Å². The molecule has 142 valence electrons. The number of rotatable bonds is 6. The SMILES string of the molecule is COCCOC1CCN(C(=O)[C@@]2(c3ccccc3)CC23CCCC3)CC1. The highest BCUT2D eigenvalue weighted by Gasteiger charge is 2.73. The van der Waals surface area contributed by atoms with Gasteiger partial charge in [0, 0.05) is 20.2 Å². The first-order valence-electron chi connectivity index (χ1n) is 10.2. The van der Waals surface area contributed by atoms with E-state index in [0.717, 1.165) is 32.4 Å². The van der Waals surface area contributed by atoms with Gasteiger partial charge in [-0.15, -0.1) is 0 Å². The molecular weight excluding hydrogens is 326 g/mol. The van der Waals surface area contributed by atoms with Gasteiger partial charge < -0.3 is 14.4 Å². The Kier molecular flexibility index (Phi) is 5.07. The van der Waals surface area contributed by atoms with Gasteiger partial charge in [-0.2, -0.15) is 0 Å². The summed E-state index contributed by atoms with van der Waals surface area (Å²) >= 11 is 0. The fourth-order valence-corrected chi connectivity index (χ4v) is 5.47. The van der Waals surface area contributed by atoms with Crippen LogP contribution in [0.3, 0.4) is 0 Å². The molecule has 0 radical (unpaired) electrons. The van der Waals surface area contributed by atoms with E-state index in [1.807, 2.05) is 6.07 Å². The summed E-state index contributed by atoms with van der Waals surface area (Å²) in [6.07, 6.45) is 8.16. The smallest absolute Gasteiger partial charge is 0.233 e. The largest absolute Gasteiger partial charge is 0.382 e. The van der Waals surface area contributed by atoms with Crippen LogP contribution in [0.1, 0.15) is 50.5 Å². The molecule has 1 aliphatic heterocycles. The summed E-state index contributed by atoms with van der Waals surface area (Å²) in [6.45, 7) is 2.92. The van der Waals surface area contributed by atoms with E-state index in [2.05, 4.69) is 29.2 Å². The second-order valence-electron chi connectivity index (χ2n) is 8.29. The van der Waals surface area contributed by atoms with Gasteiger partial charge in [0.1, 0.15) is 0 Å². The molecule has 2 aliphatic carbocycles. The second kappa shape index (κ2) is 7.32. The summed E-state index contributed by atoms with van der Waals surface area (Å²) in [5.41, 5.74) is 1.22. The first-order valence-corrected chi connectivity index (χ1v) is 10.2. The van der Waals surface area contributed by atoms with Crippen molar-refractivity contribution in [1.82, 2.24) is 4.90 Å². The Bertz CT molecular complexity index is 618. The number of nitrogens with zero attached hydrogens (tertiary/aromatic N) is 1. The van der Waals surface area contributed by atoms with Gasteiger partial charge in [0.2, 0.25) is 5.91 Å². The van der Waals surface area contributed by atoms with Crippen molar-refractivity contribution in [1.29, 1.82) is 0 Å². The Morgan fingerprint density at radius 1 is 1.12 bits per heavy atom. The molecule has 1 spiro atoms. The third-order valence-electron chi connectivity index (χ3n) is 6.95. The fraction of sp³-hybridized carbons (Fsp3) is 0.682. The maximum absolute atomic E-state index is 13.7. The van der Waals surface area contributed by atoms with Crippen molar-refractivity contribution in [3.63, 3.8) is 0 Å². The van der Waals surface area contributed by atoms with Crippen LogP contribution in [-0.2, 0) is 19.7 Å². The average molecular weight is 357 g/mol. The van der Waals surface area contributed by atoms with Gasteiger partial charge in [-0.25, -0.2) is 0 Å². The topological polar surface area (TPSA) is 38.8 Å². The van der Waals surface area contributed by atoms with E-state index in [1.54, 1.807) is 7.11 Å². The summed E-state index contributed by atoms with van der Waals surface area (Å²) in [5.74, 6) is 0.376. The molecule has 3 fully saturated rings. The summed E-state index contributed by atoms with van der Waals surface area (Å²) in [7, 11) is 1.70. The minimum Gasteiger partial charge on any atom is -0.382 e. The molecule has 2 saturated carbocycles. The van der Waals surface area contributed by atoms with Crippen molar-refractivity contribution in [2.24, 2.45) is 5.41 Å². The number of carbonyl (C=O) groups excluding carboxylic acids is 1. The number of hydrogen-bond donors (Lipinski definition) is 0. The summed E-state index contributed by atoms with van der Waals surface area (Å²) < 4.78 is 10.9. The van der Waals surface area contributed by atoms with E-state index in [1.165, 1.54) is 31.2 Å². The molecule has 3 aliphatic rings. The molecule has 1 atom stereocenters. The van der Waals surface area contributed by atoms with E-state index >= 15 is 0 Å². The molecule has 26 heavy (non-hydrogen) atoms. The number of ether oxygens (including phenoxy) is 2. The van der Waals surface area contributed by atoms with Gasteiger partial charge in [0.05, 0.1) is 24.7 Å².